The van der Waals surface area contributed by atoms with Gasteiger partial charge in [-0.1, -0.05) is 31.9 Å². The summed E-state index contributed by atoms with van der Waals surface area (Å²) < 4.78 is 0. The highest BCUT2D eigenvalue weighted by molar-refractivity contribution is 6.29. The van der Waals surface area contributed by atoms with Crippen LogP contribution in [0.2, 0.25) is 5.15 Å². The number of carbonyl (C=O) groups excluding carboxylic acids is 1. The molecule has 1 aliphatic rings. The monoisotopic (exact) mass is 253 g/mol. The maximum Gasteiger partial charge on any atom is 0.271 e. The summed E-state index contributed by atoms with van der Waals surface area (Å²) in [6.07, 6.45) is 6.16. The van der Waals surface area contributed by atoms with Crippen molar-refractivity contribution in [3.05, 3.63) is 23.2 Å². The van der Waals surface area contributed by atoms with E-state index in [0.717, 1.165) is 19.3 Å². The zero-order valence-corrected chi connectivity index (χ0v) is 10.8. The molecule has 1 heterocycles. The fourth-order valence-corrected chi connectivity index (χ4v) is 2.43. The number of rotatable bonds is 2. The van der Waals surface area contributed by atoms with Gasteiger partial charge in [-0.3, -0.25) is 9.78 Å². The van der Waals surface area contributed by atoms with Gasteiger partial charge in [-0.15, -0.1) is 0 Å². The average molecular weight is 254 g/mol. The van der Waals surface area contributed by atoms with Crippen molar-refractivity contribution < 1.29 is 4.79 Å². The molecular weight excluding hydrogens is 238 g/mol. The molecule has 1 saturated carbocycles. The van der Waals surface area contributed by atoms with E-state index >= 15 is 0 Å². The molecule has 5 heteroatoms. The maximum atomic E-state index is 12.0. The smallest absolute Gasteiger partial charge is 0.271 e. The summed E-state index contributed by atoms with van der Waals surface area (Å²) >= 11 is 5.71. The van der Waals surface area contributed by atoms with Crippen LogP contribution in [-0.2, 0) is 0 Å². The van der Waals surface area contributed by atoms with Gasteiger partial charge >= 0.3 is 0 Å². The molecule has 1 aliphatic carbocycles. The van der Waals surface area contributed by atoms with Gasteiger partial charge in [-0.05, 0) is 18.3 Å². The van der Waals surface area contributed by atoms with E-state index in [-0.39, 0.29) is 28.2 Å². The third-order valence-electron chi connectivity index (χ3n) is 3.40. The van der Waals surface area contributed by atoms with Crippen molar-refractivity contribution in [1.29, 1.82) is 0 Å². The van der Waals surface area contributed by atoms with Crippen LogP contribution in [0.15, 0.2) is 12.4 Å². The molecule has 1 aromatic rings. The zero-order chi connectivity index (χ0) is 12.5. The highest BCUT2D eigenvalue weighted by Gasteiger charge is 2.35. The molecule has 1 atom stereocenters. The molecule has 0 bridgehead atoms. The average Bonchev–Trinajstić information content (AvgIpc) is 2.58. The standard InChI is InChI=1S/C12H16ClN3O/c1-12(2)5-3-4-9(12)16-11(17)8-6-14-7-10(13)15-8/h6-7,9H,3-5H2,1-2H3,(H,16,17). The summed E-state index contributed by atoms with van der Waals surface area (Å²) in [4.78, 5) is 19.8. The lowest BCUT2D eigenvalue weighted by Gasteiger charge is -2.27. The van der Waals surface area contributed by atoms with Gasteiger partial charge in [0.25, 0.3) is 5.91 Å². The van der Waals surface area contributed by atoms with Gasteiger partial charge in [0, 0.05) is 6.04 Å². The molecular formula is C12H16ClN3O. The van der Waals surface area contributed by atoms with Crippen LogP contribution in [0.3, 0.4) is 0 Å². The third kappa shape index (κ3) is 2.75. The molecule has 0 saturated heterocycles. The van der Waals surface area contributed by atoms with Gasteiger partial charge in [-0.25, -0.2) is 4.98 Å². The first kappa shape index (κ1) is 12.3. The first-order valence-corrected chi connectivity index (χ1v) is 6.15. The van der Waals surface area contributed by atoms with E-state index in [2.05, 4.69) is 29.1 Å². The van der Waals surface area contributed by atoms with Gasteiger partial charge in [-0.2, -0.15) is 0 Å². The Bertz CT molecular complexity index is 434. The molecule has 0 aliphatic heterocycles. The minimum atomic E-state index is -0.194. The van der Waals surface area contributed by atoms with Crippen LogP contribution in [0, 0.1) is 5.41 Å². The molecule has 92 valence electrons. The molecule has 0 spiro atoms. The lowest BCUT2D eigenvalue weighted by molar-refractivity contribution is 0.0904. The summed E-state index contributed by atoms with van der Waals surface area (Å²) in [5, 5.41) is 3.25. The highest BCUT2D eigenvalue weighted by atomic mass is 35.5. The Morgan fingerprint density at radius 1 is 1.53 bits per heavy atom. The Kier molecular flexibility index (Phi) is 3.33. The quantitative estimate of drug-likeness (QED) is 0.881. The molecule has 1 fully saturated rings. The minimum Gasteiger partial charge on any atom is -0.347 e. The number of nitrogens with zero attached hydrogens (tertiary/aromatic N) is 2. The molecule has 0 radical (unpaired) electrons. The van der Waals surface area contributed by atoms with Crippen LogP contribution in [-0.4, -0.2) is 21.9 Å². The fourth-order valence-electron chi connectivity index (χ4n) is 2.28. The molecule has 1 amide bonds. The Morgan fingerprint density at radius 3 is 2.88 bits per heavy atom. The van der Waals surface area contributed by atoms with Crippen molar-refractivity contribution in [1.82, 2.24) is 15.3 Å². The number of hydrogen-bond acceptors (Lipinski definition) is 3. The second-order valence-corrected chi connectivity index (χ2v) is 5.52. The normalized spacial score (nSPS) is 22.4. The molecule has 1 N–H and O–H groups in total. The summed E-state index contributed by atoms with van der Waals surface area (Å²) in [6.45, 7) is 4.35. The summed E-state index contributed by atoms with van der Waals surface area (Å²) in [6, 6.07) is 0.204. The zero-order valence-electron chi connectivity index (χ0n) is 10.0. The second-order valence-electron chi connectivity index (χ2n) is 5.13. The van der Waals surface area contributed by atoms with Crippen molar-refractivity contribution in [2.24, 2.45) is 5.41 Å². The molecule has 1 unspecified atom stereocenters. The van der Waals surface area contributed by atoms with Crippen LogP contribution < -0.4 is 5.32 Å². The van der Waals surface area contributed by atoms with E-state index in [1.54, 1.807) is 0 Å². The van der Waals surface area contributed by atoms with Gasteiger partial charge in [0.15, 0.2) is 0 Å². The molecule has 2 rings (SSSR count). The van der Waals surface area contributed by atoms with Crippen molar-refractivity contribution in [2.45, 2.75) is 39.2 Å². The molecule has 17 heavy (non-hydrogen) atoms. The van der Waals surface area contributed by atoms with Crippen LogP contribution in [0.25, 0.3) is 0 Å². The van der Waals surface area contributed by atoms with E-state index in [4.69, 9.17) is 11.6 Å². The van der Waals surface area contributed by atoms with Crippen molar-refractivity contribution in [2.75, 3.05) is 0 Å². The van der Waals surface area contributed by atoms with Crippen LogP contribution in [0.4, 0.5) is 0 Å². The van der Waals surface area contributed by atoms with Crippen LogP contribution in [0.1, 0.15) is 43.6 Å². The maximum absolute atomic E-state index is 12.0. The Balaban J connectivity index is 2.07. The number of aromatic nitrogens is 2. The SMILES string of the molecule is CC1(C)CCCC1NC(=O)c1cncc(Cl)n1. The number of amides is 1. The van der Waals surface area contributed by atoms with E-state index in [1.165, 1.54) is 12.4 Å². The van der Waals surface area contributed by atoms with Gasteiger partial charge < -0.3 is 5.32 Å². The number of halogens is 1. The Labute approximate surface area is 106 Å². The first-order valence-electron chi connectivity index (χ1n) is 5.77. The minimum absolute atomic E-state index is 0.154. The predicted octanol–water partition coefficient (Wildman–Crippen LogP) is 2.44. The van der Waals surface area contributed by atoms with Crippen molar-refractivity contribution in [3.8, 4) is 0 Å². The van der Waals surface area contributed by atoms with Crippen molar-refractivity contribution >= 4 is 17.5 Å². The van der Waals surface area contributed by atoms with E-state index in [0.29, 0.717) is 0 Å². The van der Waals surface area contributed by atoms with E-state index in [1.807, 2.05) is 0 Å². The fraction of sp³-hybridized carbons (Fsp3) is 0.583. The van der Waals surface area contributed by atoms with Gasteiger partial charge in [0.05, 0.1) is 12.4 Å². The highest BCUT2D eigenvalue weighted by Crippen LogP contribution is 2.37. The lowest BCUT2D eigenvalue weighted by atomic mass is 9.87. The largest absolute Gasteiger partial charge is 0.347 e. The number of carbonyl (C=O) groups is 1. The van der Waals surface area contributed by atoms with E-state index in [9.17, 15) is 4.79 Å². The summed E-state index contributed by atoms with van der Waals surface area (Å²) in [7, 11) is 0. The lowest BCUT2D eigenvalue weighted by Crippen LogP contribution is -2.41. The van der Waals surface area contributed by atoms with Crippen LogP contribution in [0.5, 0.6) is 0 Å². The topological polar surface area (TPSA) is 54.9 Å². The summed E-state index contributed by atoms with van der Waals surface area (Å²) in [5.41, 5.74) is 0.432. The van der Waals surface area contributed by atoms with Gasteiger partial charge in [0.2, 0.25) is 0 Å². The molecule has 1 aromatic heterocycles. The first-order chi connectivity index (χ1) is 7.99. The second kappa shape index (κ2) is 4.61. The van der Waals surface area contributed by atoms with Crippen molar-refractivity contribution in [3.63, 3.8) is 0 Å². The number of hydrogen-bond donors (Lipinski definition) is 1. The Morgan fingerprint density at radius 2 is 2.29 bits per heavy atom. The number of nitrogens with one attached hydrogen (secondary N) is 1. The van der Waals surface area contributed by atoms with Gasteiger partial charge in [0.1, 0.15) is 10.8 Å². The third-order valence-corrected chi connectivity index (χ3v) is 3.58. The summed E-state index contributed by atoms with van der Waals surface area (Å²) in [5.74, 6) is -0.194. The molecule has 0 aromatic carbocycles. The van der Waals surface area contributed by atoms with E-state index < -0.39 is 0 Å². The molecule has 4 nitrogen and oxygen atoms in total. The Hall–Kier alpha value is -1.16. The predicted molar refractivity (Wildman–Crippen MR) is 65.9 cm³/mol. The van der Waals surface area contributed by atoms with Crippen LogP contribution >= 0.6 is 11.6 Å².